The van der Waals surface area contributed by atoms with E-state index in [4.69, 9.17) is 11.6 Å². The third-order valence-corrected chi connectivity index (χ3v) is 4.34. The second-order valence-electron chi connectivity index (χ2n) is 4.23. The third-order valence-electron chi connectivity index (χ3n) is 2.91. The van der Waals surface area contributed by atoms with E-state index in [2.05, 4.69) is 53.2 Å². The Morgan fingerprint density at radius 2 is 1.65 bits per heavy atom. The summed E-state index contributed by atoms with van der Waals surface area (Å²) in [6.07, 6.45) is 0. The number of aryl methyl sites for hydroxylation is 2. The minimum atomic E-state index is 0.222. The number of rotatable bonds is 2. The number of hydrogen-bond acceptors (Lipinski definition) is 0. The molecule has 0 amide bonds. The highest BCUT2D eigenvalue weighted by Crippen LogP contribution is 2.34. The second-order valence-corrected chi connectivity index (χ2v) is 5.55. The van der Waals surface area contributed by atoms with Gasteiger partial charge in [-0.1, -0.05) is 63.9 Å². The summed E-state index contributed by atoms with van der Waals surface area (Å²) in [4.78, 5) is 0.222. The van der Waals surface area contributed by atoms with Gasteiger partial charge in [0.05, 0.1) is 4.83 Å². The highest BCUT2D eigenvalue weighted by atomic mass is 79.9. The van der Waals surface area contributed by atoms with E-state index in [1.165, 1.54) is 16.7 Å². The van der Waals surface area contributed by atoms with E-state index in [-0.39, 0.29) is 4.83 Å². The minimum absolute atomic E-state index is 0.222. The molecule has 0 bridgehead atoms. The molecule has 17 heavy (non-hydrogen) atoms. The van der Waals surface area contributed by atoms with Gasteiger partial charge in [-0.05, 0) is 42.2 Å². The fourth-order valence-corrected chi connectivity index (χ4v) is 2.89. The Balaban J connectivity index is 2.44. The van der Waals surface area contributed by atoms with Crippen molar-refractivity contribution in [2.24, 2.45) is 0 Å². The molecule has 0 aromatic heterocycles. The van der Waals surface area contributed by atoms with Crippen LogP contribution in [-0.2, 0) is 0 Å². The lowest BCUT2D eigenvalue weighted by Gasteiger charge is -2.15. The molecule has 0 spiro atoms. The predicted molar refractivity (Wildman–Crippen MR) is 78.1 cm³/mol. The van der Waals surface area contributed by atoms with E-state index in [9.17, 15) is 0 Å². The van der Waals surface area contributed by atoms with Gasteiger partial charge in [0.2, 0.25) is 0 Å². The van der Waals surface area contributed by atoms with Gasteiger partial charge >= 0.3 is 0 Å². The SMILES string of the molecule is Cc1cc(C(Br)c2ccccc2)c(C)cc1Cl. The molecule has 0 saturated heterocycles. The van der Waals surface area contributed by atoms with Crippen molar-refractivity contribution in [3.63, 3.8) is 0 Å². The van der Waals surface area contributed by atoms with Crippen LogP contribution in [0.5, 0.6) is 0 Å². The van der Waals surface area contributed by atoms with Crippen molar-refractivity contribution in [1.82, 2.24) is 0 Å². The smallest absolute Gasteiger partial charge is 0.0647 e. The van der Waals surface area contributed by atoms with Crippen LogP contribution in [0.25, 0.3) is 0 Å². The molecule has 2 aromatic carbocycles. The number of halogens is 2. The normalized spacial score (nSPS) is 12.5. The topological polar surface area (TPSA) is 0 Å². The Bertz CT molecular complexity index is 520. The molecule has 0 nitrogen and oxygen atoms in total. The summed E-state index contributed by atoms with van der Waals surface area (Å²) in [5, 5.41) is 0.832. The first-order valence-electron chi connectivity index (χ1n) is 5.55. The maximum atomic E-state index is 6.12. The summed E-state index contributed by atoms with van der Waals surface area (Å²) in [5.41, 5.74) is 4.87. The van der Waals surface area contributed by atoms with Crippen molar-refractivity contribution in [2.45, 2.75) is 18.7 Å². The summed E-state index contributed by atoms with van der Waals surface area (Å²) in [6, 6.07) is 14.6. The first-order valence-corrected chi connectivity index (χ1v) is 6.84. The summed E-state index contributed by atoms with van der Waals surface area (Å²) in [6.45, 7) is 4.13. The van der Waals surface area contributed by atoms with Crippen LogP contribution in [0.3, 0.4) is 0 Å². The molecule has 0 aliphatic rings. The van der Waals surface area contributed by atoms with E-state index in [0.29, 0.717) is 0 Å². The molecular formula is C15H14BrCl. The van der Waals surface area contributed by atoms with Crippen LogP contribution in [0, 0.1) is 13.8 Å². The van der Waals surface area contributed by atoms with Crippen molar-refractivity contribution < 1.29 is 0 Å². The average molecular weight is 310 g/mol. The zero-order valence-corrected chi connectivity index (χ0v) is 12.2. The Kier molecular flexibility index (Phi) is 3.90. The minimum Gasteiger partial charge on any atom is -0.0840 e. The van der Waals surface area contributed by atoms with Crippen molar-refractivity contribution in [3.8, 4) is 0 Å². The van der Waals surface area contributed by atoms with Gasteiger partial charge in [0.15, 0.2) is 0 Å². The highest BCUT2D eigenvalue weighted by Gasteiger charge is 2.13. The van der Waals surface area contributed by atoms with Crippen LogP contribution < -0.4 is 0 Å². The van der Waals surface area contributed by atoms with E-state index in [0.717, 1.165) is 10.6 Å². The zero-order chi connectivity index (χ0) is 12.4. The Morgan fingerprint density at radius 3 is 2.29 bits per heavy atom. The molecule has 0 saturated carbocycles. The van der Waals surface area contributed by atoms with Crippen LogP contribution in [-0.4, -0.2) is 0 Å². The van der Waals surface area contributed by atoms with Crippen LogP contribution in [0.2, 0.25) is 5.02 Å². The van der Waals surface area contributed by atoms with Gasteiger partial charge in [-0.2, -0.15) is 0 Å². The molecular weight excluding hydrogens is 296 g/mol. The number of benzene rings is 2. The second kappa shape index (κ2) is 5.24. The van der Waals surface area contributed by atoms with Gasteiger partial charge in [-0.15, -0.1) is 0 Å². The molecule has 1 unspecified atom stereocenters. The predicted octanol–water partition coefficient (Wildman–Crippen LogP) is 5.44. The third kappa shape index (κ3) is 2.72. The lowest BCUT2D eigenvalue weighted by molar-refractivity contribution is 1.13. The monoisotopic (exact) mass is 308 g/mol. The summed E-state index contributed by atoms with van der Waals surface area (Å²) in [5.74, 6) is 0. The highest BCUT2D eigenvalue weighted by molar-refractivity contribution is 9.09. The van der Waals surface area contributed by atoms with Gasteiger partial charge in [0, 0.05) is 5.02 Å². The lowest BCUT2D eigenvalue weighted by Crippen LogP contribution is -1.97. The fourth-order valence-electron chi connectivity index (χ4n) is 1.88. The Morgan fingerprint density at radius 1 is 1.00 bits per heavy atom. The largest absolute Gasteiger partial charge is 0.0840 e. The van der Waals surface area contributed by atoms with E-state index < -0.39 is 0 Å². The van der Waals surface area contributed by atoms with Crippen molar-refractivity contribution in [1.29, 1.82) is 0 Å². The first kappa shape index (κ1) is 12.7. The lowest BCUT2D eigenvalue weighted by atomic mass is 9.98. The van der Waals surface area contributed by atoms with E-state index in [1.807, 2.05) is 19.1 Å². The van der Waals surface area contributed by atoms with Crippen LogP contribution >= 0.6 is 27.5 Å². The summed E-state index contributed by atoms with van der Waals surface area (Å²) in [7, 11) is 0. The molecule has 1 atom stereocenters. The van der Waals surface area contributed by atoms with Gasteiger partial charge in [-0.25, -0.2) is 0 Å². The fraction of sp³-hybridized carbons (Fsp3) is 0.200. The van der Waals surface area contributed by atoms with Gasteiger partial charge < -0.3 is 0 Å². The maximum absolute atomic E-state index is 6.12. The maximum Gasteiger partial charge on any atom is 0.0647 e. The summed E-state index contributed by atoms with van der Waals surface area (Å²) < 4.78 is 0. The molecule has 0 heterocycles. The molecule has 2 heteroatoms. The summed E-state index contributed by atoms with van der Waals surface area (Å²) >= 11 is 9.88. The van der Waals surface area contributed by atoms with Crippen LogP contribution in [0.15, 0.2) is 42.5 Å². The molecule has 88 valence electrons. The quantitative estimate of drug-likeness (QED) is 0.648. The molecule has 0 fully saturated rings. The van der Waals surface area contributed by atoms with Crippen LogP contribution in [0.1, 0.15) is 27.1 Å². The van der Waals surface area contributed by atoms with E-state index in [1.54, 1.807) is 0 Å². The average Bonchev–Trinajstić information content (AvgIpc) is 2.34. The van der Waals surface area contributed by atoms with Crippen LogP contribution in [0.4, 0.5) is 0 Å². The van der Waals surface area contributed by atoms with Crippen molar-refractivity contribution in [3.05, 3.63) is 69.7 Å². The zero-order valence-electron chi connectivity index (χ0n) is 9.87. The molecule has 0 radical (unpaired) electrons. The molecule has 2 rings (SSSR count). The molecule has 0 aliphatic heterocycles. The molecule has 0 aliphatic carbocycles. The van der Waals surface area contributed by atoms with E-state index >= 15 is 0 Å². The molecule has 2 aromatic rings. The Labute approximate surface area is 116 Å². The number of alkyl halides is 1. The van der Waals surface area contributed by atoms with Crippen molar-refractivity contribution >= 4 is 27.5 Å². The number of hydrogen-bond donors (Lipinski definition) is 0. The molecule has 0 N–H and O–H groups in total. The van der Waals surface area contributed by atoms with Gasteiger partial charge in [0.1, 0.15) is 0 Å². The Hall–Kier alpha value is -0.790. The van der Waals surface area contributed by atoms with Gasteiger partial charge in [-0.3, -0.25) is 0 Å². The standard InChI is InChI=1S/C15H14BrCl/c1-10-9-14(17)11(2)8-13(10)15(16)12-6-4-3-5-7-12/h3-9,15H,1-2H3. The first-order chi connectivity index (χ1) is 8.09. The van der Waals surface area contributed by atoms with Gasteiger partial charge in [0.25, 0.3) is 0 Å². The van der Waals surface area contributed by atoms with Crippen molar-refractivity contribution in [2.75, 3.05) is 0 Å².